The van der Waals surface area contributed by atoms with Crippen LogP contribution in [0.25, 0.3) is 0 Å². The van der Waals surface area contributed by atoms with E-state index >= 15 is 0 Å². The summed E-state index contributed by atoms with van der Waals surface area (Å²) in [6, 6.07) is 0. The third kappa shape index (κ3) is 36.5. The smallest absolute Gasteiger partial charge is 1.00 e. The Bertz CT molecular complexity index is 553. The normalized spacial score (nSPS) is 11.2. The average molecular weight is 589 g/mol. The number of rotatable bonds is 31. The Morgan fingerprint density at radius 3 is 0.975 bits per heavy atom. The van der Waals surface area contributed by atoms with E-state index in [4.69, 9.17) is 4.74 Å². The first-order valence-corrected chi connectivity index (χ1v) is 17.6. The maximum atomic E-state index is 11.9. The van der Waals surface area contributed by atoms with E-state index in [1.54, 1.807) is 0 Å². The molecule has 0 aromatic heterocycles. The summed E-state index contributed by atoms with van der Waals surface area (Å²) < 4.78 is 5.00. The molecule has 0 saturated heterocycles. The van der Waals surface area contributed by atoms with Gasteiger partial charge < -0.3 is 6.16 Å². The van der Waals surface area contributed by atoms with Crippen molar-refractivity contribution in [2.24, 2.45) is 0 Å². The standard InChI is InChI=1S/C36H68O3.K.H/c1-3-5-7-9-11-13-15-17-19-21-23-25-27-29-31-33-35(37)39-36(38)34-32-30-28-26-24-22-20-18-16-14-12-10-8-6-4-2;;/h17,19H,3-16,18,20-34H2,1-2H3;;/q;+1;-1/b19-17-;;. The Morgan fingerprint density at radius 1 is 0.425 bits per heavy atom. The zero-order valence-electron chi connectivity index (χ0n) is 28.6. The molecule has 4 heteroatoms. The van der Waals surface area contributed by atoms with Gasteiger partial charge in [0.1, 0.15) is 0 Å². The molecule has 0 unspecified atom stereocenters. The summed E-state index contributed by atoms with van der Waals surface area (Å²) in [7, 11) is 0. The van der Waals surface area contributed by atoms with Gasteiger partial charge in [-0.1, -0.05) is 167 Å². The summed E-state index contributed by atoms with van der Waals surface area (Å²) in [5.74, 6) is -0.666. The maximum absolute atomic E-state index is 11.9. The van der Waals surface area contributed by atoms with Crippen molar-refractivity contribution in [1.82, 2.24) is 0 Å². The third-order valence-electron chi connectivity index (χ3n) is 7.85. The summed E-state index contributed by atoms with van der Waals surface area (Å²) in [5, 5.41) is 0. The molecule has 0 aliphatic heterocycles. The van der Waals surface area contributed by atoms with Gasteiger partial charge in [0.15, 0.2) is 0 Å². The van der Waals surface area contributed by atoms with Crippen LogP contribution in [0.2, 0.25) is 0 Å². The molecule has 0 amide bonds. The molecule has 0 radical (unpaired) electrons. The number of esters is 2. The Labute approximate surface area is 295 Å². The molecule has 0 heterocycles. The van der Waals surface area contributed by atoms with Crippen LogP contribution in [0.5, 0.6) is 0 Å². The van der Waals surface area contributed by atoms with Crippen molar-refractivity contribution >= 4 is 11.9 Å². The van der Waals surface area contributed by atoms with E-state index in [-0.39, 0.29) is 64.7 Å². The van der Waals surface area contributed by atoms with E-state index in [1.165, 1.54) is 148 Å². The van der Waals surface area contributed by atoms with Crippen molar-refractivity contribution in [2.45, 2.75) is 206 Å². The number of carbonyl (C=O) groups excluding carboxylic acids is 2. The Hall–Kier alpha value is 0.516. The van der Waals surface area contributed by atoms with Crippen LogP contribution < -0.4 is 51.4 Å². The topological polar surface area (TPSA) is 43.4 Å². The van der Waals surface area contributed by atoms with Crippen molar-refractivity contribution in [3.63, 3.8) is 0 Å². The molecule has 0 aromatic rings. The molecular formula is C36H69KO3. The van der Waals surface area contributed by atoms with Crippen LogP contribution in [0.1, 0.15) is 208 Å². The molecule has 40 heavy (non-hydrogen) atoms. The number of ether oxygens (including phenoxy) is 1. The van der Waals surface area contributed by atoms with Crippen molar-refractivity contribution < 1.29 is 67.1 Å². The fourth-order valence-corrected chi connectivity index (χ4v) is 5.21. The van der Waals surface area contributed by atoms with Gasteiger partial charge in [-0.05, 0) is 38.5 Å². The molecule has 0 N–H and O–H groups in total. The second kappa shape index (κ2) is 37.5. The van der Waals surface area contributed by atoms with Crippen LogP contribution in [-0.2, 0) is 14.3 Å². The van der Waals surface area contributed by atoms with Gasteiger partial charge in [0.05, 0.1) is 0 Å². The number of hydrogen-bond donors (Lipinski definition) is 0. The zero-order chi connectivity index (χ0) is 28.5. The summed E-state index contributed by atoms with van der Waals surface area (Å²) in [6.07, 6.45) is 41.2. The molecule has 0 aliphatic rings. The first-order chi connectivity index (χ1) is 19.2. The van der Waals surface area contributed by atoms with Crippen LogP contribution >= 0.6 is 0 Å². The zero-order valence-corrected chi connectivity index (χ0v) is 30.7. The summed E-state index contributed by atoms with van der Waals surface area (Å²) in [5.41, 5.74) is 0. The maximum Gasteiger partial charge on any atom is 1.00 e. The Balaban J connectivity index is -0.00000722. The van der Waals surface area contributed by atoms with Gasteiger partial charge >= 0.3 is 63.3 Å². The van der Waals surface area contributed by atoms with Gasteiger partial charge in [-0.15, -0.1) is 0 Å². The van der Waals surface area contributed by atoms with Gasteiger partial charge in [0, 0.05) is 12.8 Å². The first-order valence-electron chi connectivity index (χ1n) is 17.6. The molecule has 0 saturated carbocycles. The SMILES string of the molecule is CCCCCCCC/C=C\CCCCCCCC(=O)OC(=O)CCCCCCCCCCCCCCCCC.[H-].[K+]. The molecule has 0 rings (SSSR count). The third-order valence-corrected chi connectivity index (χ3v) is 7.85. The second-order valence-corrected chi connectivity index (χ2v) is 11.9. The van der Waals surface area contributed by atoms with E-state index in [0.717, 1.165) is 32.1 Å². The fourth-order valence-electron chi connectivity index (χ4n) is 5.21. The molecule has 3 nitrogen and oxygen atoms in total. The Kier molecular flexibility index (Phi) is 40.0. The van der Waals surface area contributed by atoms with Crippen molar-refractivity contribution in [2.75, 3.05) is 0 Å². The molecule has 0 bridgehead atoms. The summed E-state index contributed by atoms with van der Waals surface area (Å²) in [6.45, 7) is 4.54. The Morgan fingerprint density at radius 2 is 0.675 bits per heavy atom. The summed E-state index contributed by atoms with van der Waals surface area (Å²) >= 11 is 0. The van der Waals surface area contributed by atoms with E-state index < -0.39 is 0 Å². The predicted octanol–water partition coefficient (Wildman–Crippen LogP) is 9.47. The molecule has 232 valence electrons. The van der Waals surface area contributed by atoms with Gasteiger partial charge in [0.25, 0.3) is 0 Å². The minimum absolute atomic E-state index is 0. The molecule has 0 atom stereocenters. The van der Waals surface area contributed by atoms with Gasteiger partial charge in [-0.2, -0.15) is 0 Å². The quantitative estimate of drug-likeness (QED) is 0.0266. The fraction of sp³-hybridized carbons (Fsp3) is 0.889. The van der Waals surface area contributed by atoms with E-state index in [1.807, 2.05) is 0 Å². The average Bonchev–Trinajstić information content (AvgIpc) is 2.93. The molecule has 0 fully saturated rings. The minimum Gasteiger partial charge on any atom is -1.00 e. The second-order valence-electron chi connectivity index (χ2n) is 11.9. The number of carbonyl (C=O) groups is 2. The van der Waals surface area contributed by atoms with Crippen LogP contribution in [0, 0.1) is 0 Å². The van der Waals surface area contributed by atoms with Crippen molar-refractivity contribution in [3.05, 3.63) is 12.2 Å². The first kappa shape index (κ1) is 42.6. The van der Waals surface area contributed by atoms with E-state index in [9.17, 15) is 9.59 Å². The van der Waals surface area contributed by atoms with Gasteiger partial charge in [-0.25, -0.2) is 0 Å². The van der Waals surface area contributed by atoms with Crippen molar-refractivity contribution in [1.29, 1.82) is 0 Å². The molecular weight excluding hydrogens is 519 g/mol. The summed E-state index contributed by atoms with van der Waals surface area (Å²) in [4.78, 5) is 23.8. The van der Waals surface area contributed by atoms with Gasteiger partial charge in [0.2, 0.25) is 0 Å². The van der Waals surface area contributed by atoms with Crippen molar-refractivity contribution in [3.8, 4) is 0 Å². The van der Waals surface area contributed by atoms with E-state index in [2.05, 4.69) is 26.0 Å². The molecule has 0 aromatic carbocycles. The number of hydrogen-bond acceptors (Lipinski definition) is 3. The minimum atomic E-state index is -0.335. The van der Waals surface area contributed by atoms with Crippen LogP contribution in [0.15, 0.2) is 12.2 Å². The van der Waals surface area contributed by atoms with Crippen LogP contribution in [-0.4, -0.2) is 11.9 Å². The number of allylic oxidation sites excluding steroid dienone is 2. The predicted molar refractivity (Wildman–Crippen MR) is 171 cm³/mol. The van der Waals surface area contributed by atoms with E-state index in [0.29, 0.717) is 12.8 Å². The largest absolute Gasteiger partial charge is 1.00 e. The number of unbranched alkanes of at least 4 members (excludes halogenated alkanes) is 25. The molecule has 0 spiro atoms. The van der Waals surface area contributed by atoms with Crippen LogP contribution in [0.4, 0.5) is 0 Å². The van der Waals surface area contributed by atoms with Crippen LogP contribution in [0.3, 0.4) is 0 Å². The molecule has 0 aliphatic carbocycles. The van der Waals surface area contributed by atoms with Gasteiger partial charge in [-0.3, -0.25) is 9.59 Å². The monoisotopic (exact) mass is 588 g/mol.